The summed E-state index contributed by atoms with van der Waals surface area (Å²) < 4.78 is 10.3. The molecule has 1 N–H and O–H groups in total. The third-order valence-electron chi connectivity index (χ3n) is 5.85. The zero-order valence-electron chi connectivity index (χ0n) is 20.5. The van der Waals surface area contributed by atoms with Crippen LogP contribution in [0.3, 0.4) is 0 Å². The Morgan fingerprint density at radius 3 is 2.70 bits per heavy atom. The van der Waals surface area contributed by atoms with Gasteiger partial charge < -0.3 is 14.5 Å². The topological polar surface area (TPSA) is 69.3 Å². The van der Waals surface area contributed by atoms with Gasteiger partial charge in [0.15, 0.2) is 0 Å². The summed E-state index contributed by atoms with van der Waals surface area (Å²) >= 11 is 0. The number of hydrogen-bond donors (Lipinski definition) is 1. The van der Waals surface area contributed by atoms with E-state index in [0.717, 1.165) is 47.5 Å². The summed E-state index contributed by atoms with van der Waals surface area (Å²) in [6.45, 7) is 10.2. The van der Waals surface area contributed by atoms with Gasteiger partial charge in [0.1, 0.15) is 5.65 Å². The number of ether oxygens (including phenoxy) is 1. The van der Waals surface area contributed by atoms with Gasteiger partial charge in [0.2, 0.25) is 5.88 Å². The van der Waals surface area contributed by atoms with Crippen molar-refractivity contribution in [3.05, 3.63) is 65.5 Å². The van der Waals surface area contributed by atoms with Crippen LogP contribution in [-0.2, 0) is 26.4 Å². The van der Waals surface area contributed by atoms with Crippen LogP contribution in [0.5, 0.6) is 5.88 Å². The third kappa shape index (κ3) is 5.09. The van der Waals surface area contributed by atoms with Crippen LogP contribution < -0.4 is 10.1 Å². The van der Waals surface area contributed by atoms with Crippen molar-refractivity contribution >= 4 is 5.65 Å². The minimum Gasteiger partial charge on any atom is -0.477 e. The van der Waals surface area contributed by atoms with E-state index in [1.807, 2.05) is 37.1 Å². The van der Waals surface area contributed by atoms with Crippen LogP contribution >= 0.6 is 0 Å². The number of rotatable bonds is 8. The van der Waals surface area contributed by atoms with E-state index in [1.54, 1.807) is 6.20 Å². The number of hydrogen-bond acceptors (Lipinski definition) is 5. The Morgan fingerprint density at radius 1 is 1.12 bits per heavy atom. The quantitative estimate of drug-likeness (QED) is 0.435. The Bertz CT molecular complexity index is 1250. The van der Waals surface area contributed by atoms with Gasteiger partial charge in [-0.2, -0.15) is 5.10 Å². The molecule has 0 aliphatic heterocycles. The molecule has 7 heteroatoms. The molecule has 0 unspecified atom stereocenters. The van der Waals surface area contributed by atoms with Crippen molar-refractivity contribution in [2.75, 3.05) is 13.7 Å². The molecule has 0 aliphatic rings. The predicted molar refractivity (Wildman–Crippen MR) is 131 cm³/mol. The van der Waals surface area contributed by atoms with Gasteiger partial charge in [-0.3, -0.25) is 4.68 Å². The molecular formula is C26H34N6O. The molecule has 0 saturated carbocycles. The largest absolute Gasteiger partial charge is 0.477 e. The van der Waals surface area contributed by atoms with E-state index in [-0.39, 0.29) is 5.41 Å². The number of imidazole rings is 1. The van der Waals surface area contributed by atoms with Crippen molar-refractivity contribution in [3.63, 3.8) is 0 Å². The number of pyridine rings is 2. The highest BCUT2D eigenvalue weighted by atomic mass is 16.5. The Labute approximate surface area is 195 Å². The van der Waals surface area contributed by atoms with Crippen LogP contribution in [0.1, 0.15) is 43.4 Å². The van der Waals surface area contributed by atoms with Gasteiger partial charge in [-0.15, -0.1) is 0 Å². The molecule has 0 amide bonds. The Balaban J connectivity index is 1.55. The second-order valence-electron chi connectivity index (χ2n) is 9.75. The van der Waals surface area contributed by atoms with Crippen LogP contribution in [0.4, 0.5) is 0 Å². The second-order valence-corrected chi connectivity index (χ2v) is 9.75. The molecule has 0 saturated heterocycles. The molecule has 7 nitrogen and oxygen atoms in total. The maximum atomic E-state index is 6.23. The van der Waals surface area contributed by atoms with Gasteiger partial charge in [0, 0.05) is 49.2 Å². The Hall–Kier alpha value is -3.19. The van der Waals surface area contributed by atoms with Crippen molar-refractivity contribution in [2.24, 2.45) is 12.5 Å². The van der Waals surface area contributed by atoms with E-state index in [4.69, 9.17) is 9.84 Å². The lowest BCUT2D eigenvalue weighted by atomic mass is 9.88. The molecule has 0 bridgehead atoms. The summed E-state index contributed by atoms with van der Waals surface area (Å²) in [7, 11) is 3.95. The average Bonchev–Trinajstić information content (AvgIpc) is 3.28. The molecule has 4 aromatic rings. The van der Waals surface area contributed by atoms with Crippen molar-refractivity contribution < 1.29 is 4.74 Å². The van der Waals surface area contributed by atoms with Gasteiger partial charge in [0.05, 0.1) is 24.2 Å². The molecule has 0 atom stereocenters. The number of nitrogens with one attached hydrogen (secondary N) is 1. The van der Waals surface area contributed by atoms with Crippen molar-refractivity contribution in [1.82, 2.24) is 29.5 Å². The highest BCUT2D eigenvalue weighted by molar-refractivity contribution is 5.69. The summed E-state index contributed by atoms with van der Waals surface area (Å²) in [6, 6.07) is 8.10. The first-order chi connectivity index (χ1) is 15.8. The molecule has 0 aromatic carbocycles. The fourth-order valence-electron chi connectivity index (χ4n) is 4.17. The fourth-order valence-corrected chi connectivity index (χ4v) is 4.17. The first-order valence-corrected chi connectivity index (χ1v) is 11.5. The average molecular weight is 447 g/mol. The number of nitrogens with zero attached hydrogens (tertiary/aromatic N) is 5. The van der Waals surface area contributed by atoms with E-state index in [2.05, 4.69) is 65.7 Å². The molecule has 0 radical (unpaired) electrons. The van der Waals surface area contributed by atoms with Crippen LogP contribution in [0.2, 0.25) is 0 Å². The van der Waals surface area contributed by atoms with Gasteiger partial charge in [0.25, 0.3) is 0 Å². The molecular weight excluding hydrogens is 412 g/mol. The molecule has 174 valence electrons. The van der Waals surface area contributed by atoms with Gasteiger partial charge >= 0.3 is 0 Å². The second kappa shape index (κ2) is 9.35. The Morgan fingerprint density at radius 2 is 1.94 bits per heavy atom. The maximum Gasteiger partial charge on any atom is 0.221 e. The predicted octanol–water partition coefficient (Wildman–Crippen LogP) is 4.37. The monoisotopic (exact) mass is 446 g/mol. The Kier molecular flexibility index (Phi) is 6.51. The zero-order chi connectivity index (χ0) is 23.6. The minimum atomic E-state index is 0.183. The molecule has 0 aliphatic carbocycles. The lowest BCUT2D eigenvalue weighted by molar-refractivity contribution is 0.309. The van der Waals surface area contributed by atoms with Gasteiger partial charge in [-0.05, 0) is 55.6 Å². The van der Waals surface area contributed by atoms with E-state index >= 15 is 0 Å². The van der Waals surface area contributed by atoms with Crippen molar-refractivity contribution in [3.8, 4) is 17.0 Å². The first-order valence-electron chi connectivity index (χ1n) is 11.5. The smallest absolute Gasteiger partial charge is 0.221 e. The fraction of sp³-hybridized carbons (Fsp3) is 0.423. The normalized spacial score (nSPS) is 11.9. The summed E-state index contributed by atoms with van der Waals surface area (Å²) in [4.78, 5) is 9.03. The summed E-state index contributed by atoms with van der Waals surface area (Å²) in [5, 5.41) is 7.96. The molecule has 4 rings (SSSR count). The van der Waals surface area contributed by atoms with Crippen LogP contribution in [0.15, 0.2) is 42.9 Å². The summed E-state index contributed by atoms with van der Waals surface area (Å²) in [6.07, 6.45) is 7.53. The number of aryl methyl sites for hydroxylation is 1. The molecule has 33 heavy (non-hydrogen) atoms. The van der Waals surface area contributed by atoms with Crippen molar-refractivity contribution in [1.29, 1.82) is 0 Å². The SMILES string of the molecule is CNCc1cnc2ccc(-c3cccnc3OCCc3c(CC(C)(C)C)nn(C)c3C)cn12. The maximum absolute atomic E-state index is 6.23. The molecule has 4 heterocycles. The summed E-state index contributed by atoms with van der Waals surface area (Å²) in [5.41, 5.74) is 7.88. The molecule has 0 fully saturated rings. The van der Waals surface area contributed by atoms with E-state index < -0.39 is 0 Å². The van der Waals surface area contributed by atoms with E-state index in [1.165, 1.54) is 11.3 Å². The minimum absolute atomic E-state index is 0.183. The highest BCUT2D eigenvalue weighted by Crippen LogP contribution is 2.29. The first kappa shape index (κ1) is 23.0. The van der Waals surface area contributed by atoms with E-state index in [9.17, 15) is 0 Å². The molecule has 0 spiro atoms. The van der Waals surface area contributed by atoms with Crippen LogP contribution in [0, 0.1) is 12.3 Å². The van der Waals surface area contributed by atoms with Crippen molar-refractivity contribution in [2.45, 2.75) is 47.1 Å². The van der Waals surface area contributed by atoms with E-state index in [0.29, 0.717) is 12.5 Å². The third-order valence-corrected chi connectivity index (χ3v) is 5.85. The number of aromatic nitrogens is 5. The van der Waals surface area contributed by atoms with Gasteiger partial charge in [-0.1, -0.05) is 20.8 Å². The number of fused-ring (bicyclic) bond motifs is 1. The van der Waals surface area contributed by atoms with Crippen LogP contribution in [0.25, 0.3) is 16.8 Å². The highest BCUT2D eigenvalue weighted by Gasteiger charge is 2.20. The lowest BCUT2D eigenvalue weighted by Gasteiger charge is -2.17. The standard InChI is InChI=1S/C26H34N6O/c1-18-21(23(30-31(18)6)14-26(2,3)4)11-13-33-25-22(8-7-12-28-25)19-9-10-24-29-16-20(15-27-5)32(24)17-19/h7-10,12,16-17,27H,11,13-15H2,1-6H3. The van der Waals surface area contributed by atoms with Crippen LogP contribution in [-0.4, -0.2) is 37.8 Å². The summed E-state index contributed by atoms with van der Waals surface area (Å²) in [5.74, 6) is 0.644. The lowest BCUT2D eigenvalue weighted by Crippen LogP contribution is -2.12. The molecule has 4 aromatic heterocycles. The zero-order valence-corrected chi connectivity index (χ0v) is 20.5. The van der Waals surface area contributed by atoms with Gasteiger partial charge in [-0.25, -0.2) is 9.97 Å².